The second-order valence-electron chi connectivity index (χ2n) is 16.1. The highest BCUT2D eigenvalue weighted by Crippen LogP contribution is 2.46. The fraction of sp³-hybridized carbons (Fsp3) is 0.476. The van der Waals surface area contributed by atoms with Crippen molar-refractivity contribution in [3.05, 3.63) is 66.2 Å². The molecular weight excluding hydrogens is 806 g/mol. The predicted octanol–water partition coefficient (Wildman–Crippen LogP) is 5.56. The minimum atomic E-state index is -4.56. The molecule has 4 aromatic rings. The first-order valence-corrected chi connectivity index (χ1v) is 21.9. The Balaban J connectivity index is 1.09. The highest BCUT2D eigenvalue weighted by molar-refractivity contribution is 7.91. The molecule has 8 rings (SSSR count). The van der Waals surface area contributed by atoms with Crippen LogP contribution in [0, 0.1) is 11.8 Å². The molecule has 1 saturated heterocycles. The number of furan rings is 1. The van der Waals surface area contributed by atoms with Gasteiger partial charge in [-0.05, 0) is 69.2 Å². The van der Waals surface area contributed by atoms with E-state index in [1.165, 1.54) is 17.0 Å². The quantitative estimate of drug-likeness (QED) is 0.0952. The number of carbonyl (C=O) groups excluding carboxylic acids is 4. The zero-order valence-electron chi connectivity index (χ0n) is 32.8. The molecule has 3 aliphatic carbocycles. The van der Waals surface area contributed by atoms with E-state index in [1.54, 1.807) is 24.3 Å². The normalized spacial score (nSPS) is 22.9. The van der Waals surface area contributed by atoms with Crippen LogP contribution in [0.15, 0.2) is 65.1 Å². The third-order valence-corrected chi connectivity index (χ3v) is 13.3. The van der Waals surface area contributed by atoms with E-state index in [2.05, 4.69) is 32.2 Å². The number of hydrogen-bond donors (Lipinski definition) is 3. The first-order chi connectivity index (χ1) is 28.7. The molecule has 4 amide bonds. The fourth-order valence-electron chi connectivity index (χ4n) is 7.64. The van der Waals surface area contributed by atoms with Gasteiger partial charge >= 0.3 is 6.18 Å². The van der Waals surface area contributed by atoms with E-state index >= 15 is 0 Å². The summed E-state index contributed by atoms with van der Waals surface area (Å²) in [4.78, 5) is 65.0. The number of likely N-dealkylation sites (tertiary alicyclic amines) is 1. The van der Waals surface area contributed by atoms with Crippen molar-refractivity contribution in [3.63, 3.8) is 0 Å². The van der Waals surface area contributed by atoms with Crippen LogP contribution in [0.1, 0.15) is 76.7 Å². The van der Waals surface area contributed by atoms with Crippen molar-refractivity contribution in [2.45, 2.75) is 100 Å². The Bertz CT molecular complexity index is 2470. The third-order valence-electron chi connectivity index (χ3n) is 11.5. The number of benzene rings is 2. The molecule has 2 aromatic heterocycles. The van der Waals surface area contributed by atoms with Gasteiger partial charge in [-0.1, -0.05) is 56.2 Å². The molecule has 1 aliphatic heterocycles. The van der Waals surface area contributed by atoms with Crippen LogP contribution < -0.4 is 20.1 Å². The number of nitrogens with one attached hydrogen (secondary N) is 3. The Morgan fingerprint density at radius 2 is 1.75 bits per heavy atom. The maximum absolute atomic E-state index is 14.4. The van der Waals surface area contributed by atoms with Gasteiger partial charge in [-0.3, -0.25) is 23.9 Å². The molecule has 4 fully saturated rings. The second kappa shape index (κ2) is 16.2. The van der Waals surface area contributed by atoms with E-state index < -0.39 is 74.9 Å². The van der Waals surface area contributed by atoms with Crippen LogP contribution >= 0.6 is 0 Å². The number of fused-ring (bicyclic) bond motifs is 3. The Labute approximate surface area is 343 Å². The number of carbonyl (C=O) groups is 4. The molecule has 18 heteroatoms. The lowest BCUT2D eigenvalue weighted by atomic mass is 10.1. The van der Waals surface area contributed by atoms with Gasteiger partial charge in [-0.2, -0.15) is 18.2 Å². The van der Waals surface area contributed by atoms with E-state index in [4.69, 9.17) is 9.15 Å². The van der Waals surface area contributed by atoms with Gasteiger partial charge in [0.05, 0.1) is 23.9 Å². The Morgan fingerprint density at radius 3 is 2.45 bits per heavy atom. The lowest BCUT2D eigenvalue weighted by Gasteiger charge is -2.26. The van der Waals surface area contributed by atoms with Crippen LogP contribution in [0.25, 0.3) is 33.5 Å². The minimum absolute atomic E-state index is 0.0393. The van der Waals surface area contributed by atoms with Gasteiger partial charge in [0.15, 0.2) is 5.82 Å². The van der Waals surface area contributed by atoms with Crippen LogP contribution in [-0.4, -0.2) is 82.9 Å². The first-order valence-electron chi connectivity index (χ1n) is 20.3. The number of allylic oxidation sites excluding steroid dienone is 1. The number of para-hydroxylation sites is 1. The molecule has 2 aromatic carbocycles. The summed E-state index contributed by atoms with van der Waals surface area (Å²) < 4.78 is 80.7. The van der Waals surface area contributed by atoms with E-state index in [-0.39, 0.29) is 54.1 Å². The number of rotatable bonds is 16. The molecule has 3 N–H and O–H groups in total. The van der Waals surface area contributed by atoms with Crippen LogP contribution in [0.2, 0.25) is 0 Å². The lowest BCUT2D eigenvalue weighted by Crippen LogP contribution is -2.57. The Hall–Kier alpha value is -5.52. The zero-order chi connectivity index (χ0) is 42.4. The summed E-state index contributed by atoms with van der Waals surface area (Å²) in [6.07, 6.45) is 4.30. The number of ether oxygens (including phenoxy) is 1. The molecule has 0 spiro atoms. The van der Waals surface area contributed by atoms with Gasteiger partial charge in [0.2, 0.25) is 33.3 Å². The van der Waals surface area contributed by atoms with Crippen molar-refractivity contribution in [1.29, 1.82) is 0 Å². The van der Waals surface area contributed by atoms with E-state index in [1.807, 2.05) is 12.2 Å². The molecule has 60 heavy (non-hydrogen) atoms. The van der Waals surface area contributed by atoms with Gasteiger partial charge in [0, 0.05) is 29.2 Å². The number of aromatic nitrogens is 2. The summed E-state index contributed by atoms with van der Waals surface area (Å²) in [6, 6.07) is 10.1. The number of nitrogens with zero attached hydrogens (tertiary/aromatic N) is 3. The minimum Gasteiger partial charge on any atom is -0.470 e. The summed E-state index contributed by atoms with van der Waals surface area (Å²) in [6.45, 7) is 1.52. The number of alkyl halides is 3. The van der Waals surface area contributed by atoms with Crippen LogP contribution in [-0.2, 0) is 35.4 Å². The summed E-state index contributed by atoms with van der Waals surface area (Å²) >= 11 is 0. The Kier molecular flexibility index (Phi) is 11.1. The summed E-state index contributed by atoms with van der Waals surface area (Å²) in [7, 11) is -3.96. The molecule has 4 atom stereocenters. The van der Waals surface area contributed by atoms with Gasteiger partial charge in [0.25, 0.3) is 11.8 Å². The maximum Gasteiger partial charge on any atom is 0.416 e. The summed E-state index contributed by atoms with van der Waals surface area (Å²) in [5.41, 5.74) is -1.28. The number of unbranched alkanes of at least 4 members (excludes halogenated alkanes) is 3. The van der Waals surface area contributed by atoms with Crippen LogP contribution in [0.4, 0.5) is 13.2 Å². The molecule has 14 nitrogen and oxygen atoms in total. The smallest absolute Gasteiger partial charge is 0.416 e. The van der Waals surface area contributed by atoms with E-state index in [9.17, 15) is 40.8 Å². The lowest BCUT2D eigenvalue weighted by molar-refractivity contribution is -0.140. The molecule has 0 radical (unpaired) electrons. The molecule has 3 heterocycles. The number of amides is 4. The SMILES string of the molecule is CCCCC/C=C\[C@@H]1C[C@]1(NC(=O)[C@@H]1C[C@@H](Oc2nc(-c3ccc(C(F)(F)F)cc3)nc3c2oc2ccccc23)CN1C(=O)CNC(=O)C1CC1)C(=O)NS(=O)(=O)C1CC1. The third kappa shape index (κ3) is 8.69. The molecular formula is C42H45F3N6O8S. The van der Waals surface area contributed by atoms with Crippen molar-refractivity contribution >= 4 is 55.7 Å². The van der Waals surface area contributed by atoms with Crippen molar-refractivity contribution in [2.75, 3.05) is 13.1 Å². The molecule has 4 aliphatic rings. The Morgan fingerprint density at radius 1 is 1.00 bits per heavy atom. The zero-order valence-corrected chi connectivity index (χ0v) is 33.6. The van der Waals surface area contributed by atoms with Gasteiger partial charge in [-0.15, -0.1) is 0 Å². The average molecular weight is 851 g/mol. The first kappa shape index (κ1) is 41.2. The highest BCUT2D eigenvalue weighted by Gasteiger charge is 2.62. The molecule has 0 bridgehead atoms. The second-order valence-corrected chi connectivity index (χ2v) is 18.1. The largest absolute Gasteiger partial charge is 0.470 e. The average Bonchev–Trinajstić information content (AvgIpc) is 4.15. The number of halogens is 3. The van der Waals surface area contributed by atoms with Crippen molar-refractivity contribution < 1.29 is 49.9 Å². The molecule has 0 unspecified atom stereocenters. The number of sulfonamides is 1. The van der Waals surface area contributed by atoms with E-state index in [0.717, 1.165) is 37.8 Å². The predicted molar refractivity (Wildman–Crippen MR) is 212 cm³/mol. The fourth-order valence-corrected chi connectivity index (χ4v) is 9.01. The van der Waals surface area contributed by atoms with Crippen molar-refractivity contribution in [2.24, 2.45) is 11.8 Å². The van der Waals surface area contributed by atoms with Gasteiger partial charge in [-0.25, -0.2) is 13.4 Å². The number of hydrogen-bond acceptors (Lipinski definition) is 10. The van der Waals surface area contributed by atoms with Gasteiger partial charge in [0.1, 0.15) is 28.8 Å². The highest BCUT2D eigenvalue weighted by atomic mass is 32.2. The van der Waals surface area contributed by atoms with Crippen molar-refractivity contribution in [3.8, 4) is 17.3 Å². The molecule has 318 valence electrons. The standard InChI is InChI=1S/C42H45F3N6O8S/c1-2-3-4-5-6-9-27-21-41(27,40(55)50-60(56,57)29-18-19-29)49-38(54)31-20-28(23-51(31)33(52)22-46-37(53)25-12-13-25)58-39-35-34(30-10-7-8-11-32(30)59-35)47-36(48-39)24-14-16-26(17-15-24)42(43,44)45/h6-11,14-17,25,27-29,31H,2-5,12-13,18-23H2,1H3,(H,46,53)(H,49,54)(H,50,55)/b9-6-/t27-,28-,31+,41-/m1/s1. The monoisotopic (exact) mass is 850 g/mol. The van der Waals surface area contributed by atoms with Crippen LogP contribution in [0.5, 0.6) is 5.88 Å². The maximum atomic E-state index is 14.4. The topological polar surface area (TPSA) is 190 Å². The molecule has 3 saturated carbocycles. The van der Waals surface area contributed by atoms with Crippen LogP contribution in [0.3, 0.4) is 0 Å². The summed E-state index contributed by atoms with van der Waals surface area (Å²) in [5, 5.41) is 5.37. The van der Waals surface area contributed by atoms with Crippen molar-refractivity contribution in [1.82, 2.24) is 30.2 Å². The van der Waals surface area contributed by atoms with E-state index in [0.29, 0.717) is 42.2 Å². The summed E-state index contributed by atoms with van der Waals surface area (Å²) in [5.74, 6) is -3.16. The van der Waals surface area contributed by atoms with Gasteiger partial charge < -0.3 is 24.7 Å².